The summed E-state index contributed by atoms with van der Waals surface area (Å²) in [6.45, 7) is 4.93. The Morgan fingerprint density at radius 1 is 1.19 bits per heavy atom. The Hall–Kier alpha value is -0.610. The van der Waals surface area contributed by atoms with Crippen LogP contribution < -0.4 is 10.6 Å². The Morgan fingerprint density at radius 2 is 1.90 bits per heavy atom. The van der Waals surface area contributed by atoms with Crippen molar-refractivity contribution in [2.24, 2.45) is 10.9 Å². The van der Waals surface area contributed by atoms with E-state index in [1.54, 1.807) is 21.1 Å². The SMILES string of the molecule is CN=C(NCCCOCCOC)NCC(C)C(=O)OC.I. The molecule has 0 fully saturated rings. The van der Waals surface area contributed by atoms with Crippen LogP contribution in [0.15, 0.2) is 4.99 Å². The molecule has 0 aromatic rings. The van der Waals surface area contributed by atoms with Gasteiger partial charge >= 0.3 is 5.97 Å². The minimum atomic E-state index is -0.237. The Morgan fingerprint density at radius 3 is 2.48 bits per heavy atom. The molecule has 21 heavy (non-hydrogen) atoms. The molecule has 1 unspecified atom stereocenters. The van der Waals surface area contributed by atoms with E-state index in [1.165, 1.54) is 7.11 Å². The molecule has 8 heteroatoms. The summed E-state index contributed by atoms with van der Waals surface area (Å²) in [5, 5.41) is 6.22. The molecule has 0 aliphatic rings. The Balaban J connectivity index is 0. The highest BCUT2D eigenvalue weighted by molar-refractivity contribution is 14.0. The predicted octanol–water partition coefficient (Wildman–Crippen LogP) is 0.632. The van der Waals surface area contributed by atoms with Crippen LogP contribution >= 0.6 is 24.0 Å². The Labute approximate surface area is 144 Å². The van der Waals surface area contributed by atoms with Gasteiger partial charge in [-0.05, 0) is 6.42 Å². The van der Waals surface area contributed by atoms with Crippen molar-refractivity contribution in [1.29, 1.82) is 0 Å². The van der Waals surface area contributed by atoms with Gasteiger partial charge in [-0.3, -0.25) is 9.79 Å². The zero-order valence-corrected chi connectivity index (χ0v) is 15.6. The molecule has 7 nitrogen and oxygen atoms in total. The topological polar surface area (TPSA) is 81.2 Å². The van der Waals surface area contributed by atoms with Crippen LogP contribution in [0.1, 0.15) is 13.3 Å². The van der Waals surface area contributed by atoms with Crippen LogP contribution in [0.5, 0.6) is 0 Å². The largest absolute Gasteiger partial charge is 0.469 e. The van der Waals surface area contributed by atoms with Gasteiger partial charge in [0.15, 0.2) is 5.96 Å². The number of ether oxygens (including phenoxy) is 3. The molecule has 0 aromatic heterocycles. The highest BCUT2D eigenvalue weighted by Gasteiger charge is 2.12. The molecule has 0 aromatic carbocycles. The summed E-state index contributed by atoms with van der Waals surface area (Å²) in [7, 11) is 4.72. The van der Waals surface area contributed by atoms with Gasteiger partial charge in [-0.1, -0.05) is 6.92 Å². The number of nitrogens with zero attached hydrogens (tertiary/aromatic N) is 1. The molecule has 0 bridgehead atoms. The second-order valence-electron chi connectivity index (χ2n) is 4.26. The number of halogens is 1. The summed E-state index contributed by atoms with van der Waals surface area (Å²) in [6, 6.07) is 0. The maximum Gasteiger partial charge on any atom is 0.310 e. The molecule has 0 heterocycles. The minimum Gasteiger partial charge on any atom is -0.469 e. The molecule has 0 amide bonds. The van der Waals surface area contributed by atoms with Gasteiger partial charge in [0.1, 0.15) is 0 Å². The summed E-state index contributed by atoms with van der Waals surface area (Å²) in [5.74, 6) is 0.216. The van der Waals surface area contributed by atoms with Gasteiger partial charge < -0.3 is 24.8 Å². The van der Waals surface area contributed by atoms with Crippen molar-refractivity contribution < 1.29 is 19.0 Å². The number of aliphatic imine (C=N–C) groups is 1. The van der Waals surface area contributed by atoms with Crippen molar-refractivity contribution in [2.45, 2.75) is 13.3 Å². The maximum absolute atomic E-state index is 11.2. The van der Waals surface area contributed by atoms with Crippen molar-refractivity contribution in [3.05, 3.63) is 0 Å². The van der Waals surface area contributed by atoms with Crippen molar-refractivity contribution in [2.75, 3.05) is 54.2 Å². The second-order valence-corrected chi connectivity index (χ2v) is 4.26. The van der Waals surface area contributed by atoms with Gasteiger partial charge in [-0.25, -0.2) is 0 Å². The van der Waals surface area contributed by atoms with Crippen molar-refractivity contribution >= 4 is 35.9 Å². The molecule has 2 N–H and O–H groups in total. The first-order chi connectivity index (χ1) is 9.65. The number of carbonyl (C=O) groups is 1. The number of carbonyl (C=O) groups excluding carboxylic acids is 1. The van der Waals surface area contributed by atoms with E-state index in [4.69, 9.17) is 9.47 Å². The minimum absolute atomic E-state index is 0. The Kier molecular flexibility index (Phi) is 17.0. The lowest BCUT2D eigenvalue weighted by atomic mass is 10.2. The fourth-order valence-corrected chi connectivity index (χ4v) is 1.38. The number of methoxy groups -OCH3 is 2. The van der Waals surface area contributed by atoms with Crippen LogP contribution in [0.3, 0.4) is 0 Å². The number of nitrogens with one attached hydrogen (secondary N) is 2. The van der Waals surface area contributed by atoms with Crippen LogP contribution in [-0.2, 0) is 19.0 Å². The predicted molar refractivity (Wildman–Crippen MR) is 93.3 cm³/mol. The molecule has 0 aliphatic carbocycles. The second kappa shape index (κ2) is 15.8. The summed E-state index contributed by atoms with van der Waals surface area (Å²) in [4.78, 5) is 15.3. The lowest BCUT2D eigenvalue weighted by molar-refractivity contribution is -0.144. The highest BCUT2D eigenvalue weighted by Crippen LogP contribution is 1.94. The van der Waals surface area contributed by atoms with E-state index in [9.17, 15) is 4.79 Å². The van der Waals surface area contributed by atoms with Crippen LogP contribution in [-0.4, -0.2) is 66.1 Å². The summed E-state index contributed by atoms with van der Waals surface area (Å²) in [6.07, 6.45) is 0.872. The third-order valence-corrected chi connectivity index (χ3v) is 2.59. The van der Waals surface area contributed by atoms with Gasteiger partial charge in [0.05, 0.1) is 26.2 Å². The lowest BCUT2D eigenvalue weighted by Gasteiger charge is -2.14. The molecule has 1 atom stereocenters. The smallest absolute Gasteiger partial charge is 0.310 e. The van der Waals surface area contributed by atoms with Gasteiger partial charge in [-0.15, -0.1) is 24.0 Å². The molecule has 0 saturated carbocycles. The van der Waals surface area contributed by atoms with Gasteiger partial charge in [0.2, 0.25) is 0 Å². The van der Waals surface area contributed by atoms with Crippen molar-refractivity contribution in [1.82, 2.24) is 10.6 Å². The molecule has 0 saturated heterocycles. The van der Waals surface area contributed by atoms with E-state index in [1.807, 2.05) is 0 Å². The fraction of sp³-hybridized carbons (Fsp3) is 0.846. The molecule has 0 radical (unpaired) electrons. The van der Waals surface area contributed by atoms with Crippen molar-refractivity contribution in [3.63, 3.8) is 0 Å². The molecule has 0 aliphatic heterocycles. The Bertz CT molecular complexity index is 291. The molecule has 0 rings (SSSR count). The molecular weight excluding hydrogens is 389 g/mol. The van der Waals surface area contributed by atoms with E-state index in [0.29, 0.717) is 32.3 Å². The average molecular weight is 417 g/mol. The first-order valence-electron chi connectivity index (χ1n) is 6.74. The number of guanidine groups is 1. The molecular formula is C13H28IN3O4. The lowest BCUT2D eigenvalue weighted by Crippen LogP contribution is -2.41. The van der Waals surface area contributed by atoms with E-state index in [0.717, 1.165) is 13.0 Å². The van der Waals surface area contributed by atoms with Crippen LogP contribution in [0, 0.1) is 5.92 Å². The summed E-state index contributed by atoms with van der Waals surface area (Å²) < 4.78 is 14.9. The standard InChI is InChI=1S/C13H27N3O4.HI/c1-11(12(17)19-4)10-16-13(14-2)15-6-5-7-20-9-8-18-3;/h11H,5-10H2,1-4H3,(H2,14,15,16);1H. The van der Waals surface area contributed by atoms with Crippen LogP contribution in [0.25, 0.3) is 0 Å². The third kappa shape index (κ3) is 12.8. The van der Waals surface area contributed by atoms with Crippen molar-refractivity contribution in [3.8, 4) is 0 Å². The zero-order valence-electron chi connectivity index (χ0n) is 13.3. The zero-order chi connectivity index (χ0) is 15.2. The maximum atomic E-state index is 11.2. The van der Waals surface area contributed by atoms with Gasteiger partial charge in [0, 0.05) is 33.9 Å². The van der Waals surface area contributed by atoms with E-state index >= 15 is 0 Å². The normalized spacial score (nSPS) is 12.3. The van der Waals surface area contributed by atoms with E-state index in [2.05, 4.69) is 20.4 Å². The summed E-state index contributed by atoms with van der Waals surface area (Å²) >= 11 is 0. The third-order valence-electron chi connectivity index (χ3n) is 2.59. The first-order valence-corrected chi connectivity index (χ1v) is 6.74. The van der Waals surface area contributed by atoms with Crippen LogP contribution in [0.2, 0.25) is 0 Å². The number of esters is 1. The quantitative estimate of drug-likeness (QED) is 0.179. The fourth-order valence-electron chi connectivity index (χ4n) is 1.38. The number of rotatable bonds is 10. The number of hydrogen-bond acceptors (Lipinski definition) is 5. The van der Waals surface area contributed by atoms with Gasteiger partial charge in [-0.2, -0.15) is 0 Å². The highest BCUT2D eigenvalue weighted by atomic mass is 127. The van der Waals surface area contributed by atoms with E-state index < -0.39 is 0 Å². The van der Waals surface area contributed by atoms with Crippen LogP contribution in [0.4, 0.5) is 0 Å². The number of hydrogen-bond donors (Lipinski definition) is 2. The summed E-state index contributed by atoms with van der Waals surface area (Å²) in [5.41, 5.74) is 0. The monoisotopic (exact) mass is 417 g/mol. The molecule has 126 valence electrons. The first kappa shape index (κ1) is 22.7. The average Bonchev–Trinajstić information content (AvgIpc) is 2.48. The van der Waals surface area contributed by atoms with E-state index in [-0.39, 0.29) is 35.9 Å². The van der Waals surface area contributed by atoms with Gasteiger partial charge in [0.25, 0.3) is 0 Å². The molecule has 0 spiro atoms.